The Kier molecular flexibility index (Phi) is 6.41. The van der Waals surface area contributed by atoms with Gasteiger partial charge in [-0.2, -0.15) is 0 Å². The van der Waals surface area contributed by atoms with Crippen LogP contribution < -0.4 is 4.74 Å². The summed E-state index contributed by atoms with van der Waals surface area (Å²) in [5, 5.41) is 0. The molecule has 0 aliphatic rings. The topological polar surface area (TPSA) is 69.7 Å². The van der Waals surface area contributed by atoms with E-state index in [0.29, 0.717) is 5.56 Å². The zero-order valence-corrected chi connectivity index (χ0v) is 14.6. The molecule has 0 saturated carbocycles. The molecule has 0 aliphatic heterocycles. The number of ether oxygens (including phenoxy) is 2. The van der Waals surface area contributed by atoms with E-state index in [1.54, 1.807) is 12.1 Å². The number of sulfone groups is 1. The zero-order chi connectivity index (χ0) is 16.9. The van der Waals surface area contributed by atoms with Gasteiger partial charge in [-0.1, -0.05) is 26.3 Å². The van der Waals surface area contributed by atoms with Crippen molar-refractivity contribution in [3.63, 3.8) is 0 Å². The minimum atomic E-state index is -3.55. The quantitative estimate of drug-likeness (QED) is 0.719. The summed E-state index contributed by atoms with van der Waals surface area (Å²) in [6.45, 7) is 4.08. The smallest absolute Gasteiger partial charge is 0.341 e. The van der Waals surface area contributed by atoms with Crippen molar-refractivity contribution in [2.45, 2.75) is 43.9 Å². The van der Waals surface area contributed by atoms with Gasteiger partial charge < -0.3 is 9.47 Å². The third-order valence-electron chi connectivity index (χ3n) is 3.69. The molecule has 124 valence electrons. The van der Waals surface area contributed by atoms with E-state index < -0.39 is 15.8 Å². The molecule has 0 N–H and O–H groups in total. The van der Waals surface area contributed by atoms with Crippen LogP contribution in [0.3, 0.4) is 0 Å². The van der Waals surface area contributed by atoms with Crippen LogP contribution in [0.2, 0.25) is 0 Å². The van der Waals surface area contributed by atoms with Crippen LogP contribution >= 0.6 is 0 Å². The normalized spacial score (nSPS) is 12.8. The SMILES string of the molecule is CCCC(CC)c1ccc(C(=O)OC)c(OC)c1S(C)(=O)=O. The van der Waals surface area contributed by atoms with E-state index in [0.717, 1.165) is 25.5 Å². The van der Waals surface area contributed by atoms with Crippen LogP contribution in [-0.2, 0) is 14.6 Å². The summed E-state index contributed by atoms with van der Waals surface area (Å²) in [5.74, 6) is -0.437. The van der Waals surface area contributed by atoms with Crippen molar-refractivity contribution in [3.05, 3.63) is 23.3 Å². The van der Waals surface area contributed by atoms with Crippen molar-refractivity contribution in [2.75, 3.05) is 20.5 Å². The summed E-state index contributed by atoms with van der Waals surface area (Å²) in [4.78, 5) is 11.9. The molecule has 0 radical (unpaired) electrons. The molecule has 0 amide bonds. The van der Waals surface area contributed by atoms with Gasteiger partial charge in [-0.25, -0.2) is 13.2 Å². The van der Waals surface area contributed by atoms with Gasteiger partial charge in [0.25, 0.3) is 0 Å². The van der Waals surface area contributed by atoms with Gasteiger partial charge >= 0.3 is 5.97 Å². The highest BCUT2D eigenvalue weighted by molar-refractivity contribution is 7.90. The van der Waals surface area contributed by atoms with Crippen LogP contribution in [-0.4, -0.2) is 34.9 Å². The summed E-state index contributed by atoms with van der Waals surface area (Å²) < 4.78 is 34.5. The number of rotatable bonds is 7. The molecule has 6 heteroatoms. The Morgan fingerprint density at radius 3 is 2.27 bits per heavy atom. The van der Waals surface area contributed by atoms with Crippen LogP contribution in [0.1, 0.15) is 54.9 Å². The summed E-state index contributed by atoms with van der Waals surface area (Å²) in [5.41, 5.74) is 0.830. The maximum Gasteiger partial charge on any atom is 0.341 e. The van der Waals surface area contributed by atoms with E-state index >= 15 is 0 Å². The lowest BCUT2D eigenvalue weighted by molar-refractivity contribution is 0.0596. The number of esters is 1. The molecular weight excluding hydrogens is 304 g/mol. The molecule has 0 saturated heterocycles. The first-order valence-electron chi connectivity index (χ1n) is 7.30. The van der Waals surface area contributed by atoms with Gasteiger partial charge in [-0.3, -0.25) is 0 Å². The Morgan fingerprint density at radius 2 is 1.86 bits per heavy atom. The second kappa shape index (κ2) is 7.63. The zero-order valence-electron chi connectivity index (χ0n) is 13.8. The number of methoxy groups -OCH3 is 2. The van der Waals surface area contributed by atoms with Crippen molar-refractivity contribution < 1.29 is 22.7 Å². The highest BCUT2D eigenvalue weighted by Crippen LogP contribution is 2.38. The predicted molar refractivity (Wildman–Crippen MR) is 85.4 cm³/mol. The van der Waals surface area contributed by atoms with Crippen LogP contribution in [0.15, 0.2) is 17.0 Å². The van der Waals surface area contributed by atoms with Gasteiger partial charge in [0, 0.05) is 6.26 Å². The first-order valence-corrected chi connectivity index (χ1v) is 9.20. The third kappa shape index (κ3) is 3.80. The Bertz CT molecular complexity index is 634. The Hall–Kier alpha value is -1.56. The molecule has 1 atom stereocenters. The molecule has 0 bridgehead atoms. The molecule has 0 aromatic heterocycles. The van der Waals surface area contributed by atoms with E-state index in [2.05, 4.69) is 6.92 Å². The van der Waals surface area contributed by atoms with E-state index in [-0.39, 0.29) is 22.1 Å². The summed E-state index contributed by atoms with van der Waals surface area (Å²) in [6, 6.07) is 3.28. The fourth-order valence-electron chi connectivity index (χ4n) is 2.68. The molecular formula is C16H24O5S. The lowest BCUT2D eigenvalue weighted by Crippen LogP contribution is -2.13. The molecule has 1 rings (SSSR count). The third-order valence-corrected chi connectivity index (χ3v) is 4.86. The number of carbonyl (C=O) groups excluding carboxylic acids is 1. The summed E-state index contributed by atoms with van der Waals surface area (Å²) in [6.07, 6.45) is 3.77. The lowest BCUT2D eigenvalue weighted by Gasteiger charge is -2.21. The highest BCUT2D eigenvalue weighted by Gasteiger charge is 2.28. The van der Waals surface area contributed by atoms with E-state index in [1.807, 2.05) is 6.92 Å². The number of carbonyl (C=O) groups is 1. The molecule has 1 unspecified atom stereocenters. The van der Waals surface area contributed by atoms with E-state index in [4.69, 9.17) is 9.47 Å². The minimum absolute atomic E-state index is 0.0707. The van der Waals surface area contributed by atoms with Gasteiger partial charge in [0.15, 0.2) is 15.6 Å². The maximum atomic E-state index is 12.3. The number of hydrogen-bond donors (Lipinski definition) is 0. The van der Waals surface area contributed by atoms with Crippen LogP contribution in [0.5, 0.6) is 5.75 Å². The molecule has 22 heavy (non-hydrogen) atoms. The average molecular weight is 328 g/mol. The molecule has 0 fully saturated rings. The van der Waals surface area contributed by atoms with E-state index in [1.165, 1.54) is 14.2 Å². The van der Waals surface area contributed by atoms with Gasteiger partial charge in [0.2, 0.25) is 0 Å². The maximum absolute atomic E-state index is 12.3. The molecule has 5 nitrogen and oxygen atoms in total. The first-order chi connectivity index (χ1) is 10.3. The van der Waals surface area contributed by atoms with Crippen LogP contribution in [0.25, 0.3) is 0 Å². The molecule has 0 spiro atoms. The monoisotopic (exact) mass is 328 g/mol. The van der Waals surface area contributed by atoms with Gasteiger partial charge in [0.1, 0.15) is 10.5 Å². The molecule has 0 heterocycles. The highest BCUT2D eigenvalue weighted by atomic mass is 32.2. The largest absolute Gasteiger partial charge is 0.494 e. The second-order valence-corrected chi connectivity index (χ2v) is 7.17. The number of hydrogen-bond acceptors (Lipinski definition) is 5. The van der Waals surface area contributed by atoms with Crippen molar-refractivity contribution in [3.8, 4) is 5.75 Å². The van der Waals surface area contributed by atoms with Crippen molar-refractivity contribution in [2.24, 2.45) is 0 Å². The number of benzene rings is 1. The molecule has 0 aliphatic carbocycles. The standard InChI is InChI=1S/C16H24O5S/c1-6-8-11(7-2)12-9-10-13(16(17)21-4)14(20-3)15(12)22(5,18)19/h9-11H,6-8H2,1-5H3. The fourth-order valence-corrected chi connectivity index (χ4v) is 3.88. The Balaban J connectivity index is 3.70. The first kappa shape index (κ1) is 18.5. The van der Waals surface area contributed by atoms with Gasteiger partial charge in [-0.05, 0) is 30.4 Å². The predicted octanol–water partition coefficient (Wildman–Crippen LogP) is 3.18. The average Bonchev–Trinajstić information content (AvgIpc) is 2.49. The molecule has 1 aromatic carbocycles. The van der Waals surface area contributed by atoms with Crippen molar-refractivity contribution in [1.29, 1.82) is 0 Å². The lowest BCUT2D eigenvalue weighted by atomic mass is 9.91. The Morgan fingerprint density at radius 1 is 1.23 bits per heavy atom. The van der Waals surface area contributed by atoms with Gasteiger partial charge in [-0.15, -0.1) is 0 Å². The van der Waals surface area contributed by atoms with Crippen LogP contribution in [0, 0.1) is 0 Å². The minimum Gasteiger partial charge on any atom is -0.494 e. The van der Waals surface area contributed by atoms with Crippen LogP contribution in [0.4, 0.5) is 0 Å². The van der Waals surface area contributed by atoms with Crippen molar-refractivity contribution in [1.82, 2.24) is 0 Å². The fraction of sp³-hybridized carbons (Fsp3) is 0.562. The summed E-state index contributed by atoms with van der Waals surface area (Å²) in [7, 11) is -0.933. The second-order valence-electron chi connectivity index (χ2n) is 5.22. The Labute approximate surface area is 132 Å². The van der Waals surface area contributed by atoms with Gasteiger partial charge in [0.05, 0.1) is 14.2 Å². The van der Waals surface area contributed by atoms with Crippen molar-refractivity contribution >= 4 is 15.8 Å². The van der Waals surface area contributed by atoms with E-state index in [9.17, 15) is 13.2 Å². The summed E-state index contributed by atoms with van der Waals surface area (Å²) >= 11 is 0. The molecule has 1 aromatic rings.